The number of halogens is 1. The molecule has 6 heteroatoms. The topological polar surface area (TPSA) is 71.4 Å². The van der Waals surface area contributed by atoms with E-state index in [-0.39, 0.29) is 30.8 Å². The van der Waals surface area contributed by atoms with Crippen LogP contribution in [0.4, 0.5) is 4.39 Å². The van der Waals surface area contributed by atoms with E-state index in [2.05, 4.69) is 0 Å². The van der Waals surface area contributed by atoms with E-state index in [1.165, 1.54) is 6.92 Å². The largest absolute Gasteiger partial charge is 0.481 e. The summed E-state index contributed by atoms with van der Waals surface area (Å²) in [6, 6.07) is 0. The maximum Gasteiger partial charge on any atom is 0.304 e. The van der Waals surface area contributed by atoms with Crippen LogP contribution in [0.5, 0.6) is 0 Å². The van der Waals surface area contributed by atoms with Crippen molar-refractivity contribution in [1.29, 1.82) is 0 Å². The lowest BCUT2D eigenvalue weighted by Gasteiger charge is -2.37. The molecule has 1 rings (SSSR count). The molecule has 0 aromatic rings. The van der Waals surface area contributed by atoms with Crippen molar-refractivity contribution in [1.82, 2.24) is 0 Å². The Morgan fingerprint density at radius 1 is 1.47 bits per heavy atom. The fourth-order valence-corrected chi connectivity index (χ4v) is 3.60. The SMILES string of the molecule is CC(F)C1(CC(=O)O)CCS(=O)(=O)CC1. The highest BCUT2D eigenvalue weighted by molar-refractivity contribution is 7.91. The monoisotopic (exact) mass is 238 g/mol. The van der Waals surface area contributed by atoms with Crippen LogP contribution in [-0.4, -0.2) is 37.2 Å². The number of aliphatic carboxylic acids is 1. The molecule has 0 aromatic carbocycles. The van der Waals surface area contributed by atoms with Crippen molar-refractivity contribution in [3.63, 3.8) is 0 Å². The van der Waals surface area contributed by atoms with Crippen molar-refractivity contribution in [3.05, 3.63) is 0 Å². The molecule has 1 unspecified atom stereocenters. The second-order valence-corrected chi connectivity index (χ2v) is 6.50. The molecule has 1 saturated heterocycles. The number of carboxylic acid groups (broad SMARTS) is 1. The maximum absolute atomic E-state index is 13.4. The second kappa shape index (κ2) is 4.08. The molecule has 15 heavy (non-hydrogen) atoms. The van der Waals surface area contributed by atoms with Crippen molar-refractivity contribution >= 4 is 15.8 Å². The first-order chi connectivity index (χ1) is 6.77. The lowest BCUT2D eigenvalue weighted by molar-refractivity contribution is -0.141. The van der Waals surface area contributed by atoms with Gasteiger partial charge >= 0.3 is 5.97 Å². The summed E-state index contributed by atoms with van der Waals surface area (Å²) in [6.45, 7) is 1.31. The van der Waals surface area contributed by atoms with E-state index in [0.29, 0.717) is 0 Å². The van der Waals surface area contributed by atoms with Gasteiger partial charge in [0, 0.05) is 5.41 Å². The Morgan fingerprint density at radius 2 is 1.93 bits per heavy atom. The van der Waals surface area contributed by atoms with Crippen molar-refractivity contribution in [2.45, 2.75) is 32.4 Å². The van der Waals surface area contributed by atoms with E-state index < -0.39 is 27.4 Å². The highest BCUT2D eigenvalue weighted by Crippen LogP contribution is 2.40. The van der Waals surface area contributed by atoms with Gasteiger partial charge in [-0.05, 0) is 19.8 Å². The number of carboxylic acids is 1. The molecule has 1 N–H and O–H groups in total. The maximum atomic E-state index is 13.4. The molecule has 0 amide bonds. The van der Waals surface area contributed by atoms with Gasteiger partial charge in [-0.2, -0.15) is 0 Å². The summed E-state index contributed by atoms with van der Waals surface area (Å²) in [5.41, 5.74) is -0.989. The minimum atomic E-state index is -3.08. The van der Waals surface area contributed by atoms with Gasteiger partial charge in [0.2, 0.25) is 0 Å². The van der Waals surface area contributed by atoms with Crippen LogP contribution in [0.3, 0.4) is 0 Å². The number of rotatable bonds is 3. The van der Waals surface area contributed by atoms with Gasteiger partial charge in [0.05, 0.1) is 17.9 Å². The molecule has 88 valence electrons. The average molecular weight is 238 g/mol. The van der Waals surface area contributed by atoms with Crippen molar-refractivity contribution in [3.8, 4) is 0 Å². The first kappa shape index (κ1) is 12.4. The third-order valence-corrected chi connectivity index (χ3v) is 4.82. The Bertz CT molecular complexity index is 333. The van der Waals surface area contributed by atoms with Gasteiger partial charge in [0.1, 0.15) is 16.0 Å². The zero-order chi connectivity index (χ0) is 11.7. The van der Waals surface area contributed by atoms with Gasteiger partial charge in [-0.25, -0.2) is 12.8 Å². The van der Waals surface area contributed by atoms with Gasteiger partial charge in [-0.1, -0.05) is 0 Å². The van der Waals surface area contributed by atoms with Crippen LogP contribution in [0, 0.1) is 5.41 Å². The number of carbonyl (C=O) groups is 1. The molecule has 1 aliphatic heterocycles. The number of alkyl halides is 1. The van der Waals surface area contributed by atoms with Crippen LogP contribution in [0.1, 0.15) is 26.2 Å². The molecule has 0 aliphatic carbocycles. The number of sulfone groups is 1. The lowest BCUT2D eigenvalue weighted by atomic mass is 9.75. The normalized spacial score (nSPS) is 25.7. The quantitative estimate of drug-likeness (QED) is 0.796. The van der Waals surface area contributed by atoms with E-state index in [4.69, 9.17) is 5.11 Å². The first-order valence-corrected chi connectivity index (χ1v) is 6.66. The minimum absolute atomic E-state index is 0.103. The predicted molar refractivity (Wildman–Crippen MR) is 53.1 cm³/mol. The molecule has 4 nitrogen and oxygen atoms in total. The summed E-state index contributed by atoms with van der Waals surface area (Å²) in [7, 11) is -3.08. The summed E-state index contributed by atoms with van der Waals surface area (Å²) in [6.07, 6.45) is -1.36. The number of hydrogen-bond acceptors (Lipinski definition) is 3. The van der Waals surface area contributed by atoms with E-state index in [9.17, 15) is 17.6 Å². The summed E-state index contributed by atoms with van der Waals surface area (Å²) in [5.74, 6) is -1.28. The molecule has 1 aliphatic rings. The van der Waals surface area contributed by atoms with Gasteiger partial charge in [-0.15, -0.1) is 0 Å². The van der Waals surface area contributed by atoms with E-state index in [1.54, 1.807) is 0 Å². The lowest BCUT2D eigenvalue weighted by Crippen LogP contribution is -2.41. The standard InChI is InChI=1S/C9H15FO4S/c1-7(10)9(6-8(11)12)2-4-15(13,14)5-3-9/h7H,2-6H2,1H3,(H,11,12). The fraction of sp³-hybridized carbons (Fsp3) is 0.889. The third-order valence-electron chi connectivity index (χ3n) is 3.17. The Kier molecular flexibility index (Phi) is 3.38. The Balaban J connectivity index is 2.82. The Labute approximate surface area is 88.4 Å². The fourth-order valence-electron chi connectivity index (χ4n) is 1.96. The summed E-state index contributed by atoms with van der Waals surface area (Å²) in [4.78, 5) is 10.6. The van der Waals surface area contributed by atoms with Gasteiger partial charge in [0.25, 0.3) is 0 Å². The highest BCUT2D eigenvalue weighted by Gasteiger charge is 2.43. The van der Waals surface area contributed by atoms with Crippen LogP contribution in [-0.2, 0) is 14.6 Å². The molecule has 1 fully saturated rings. The smallest absolute Gasteiger partial charge is 0.304 e. The molecule has 0 saturated carbocycles. The Hall–Kier alpha value is -0.650. The van der Waals surface area contributed by atoms with E-state index >= 15 is 0 Å². The van der Waals surface area contributed by atoms with Crippen LogP contribution in [0.25, 0.3) is 0 Å². The van der Waals surface area contributed by atoms with Gasteiger partial charge in [-0.3, -0.25) is 4.79 Å². The minimum Gasteiger partial charge on any atom is -0.481 e. The average Bonchev–Trinajstić information content (AvgIpc) is 2.08. The molecular formula is C9H15FO4S. The molecular weight excluding hydrogens is 223 g/mol. The predicted octanol–water partition coefficient (Wildman–Crippen LogP) is 1.01. The summed E-state index contributed by atoms with van der Waals surface area (Å²) < 4.78 is 35.8. The third kappa shape index (κ3) is 2.90. The van der Waals surface area contributed by atoms with Crippen LogP contribution in [0.2, 0.25) is 0 Å². The van der Waals surface area contributed by atoms with Crippen LogP contribution in [0.15, 0.2) is 0 Å². The van der Waals surface area contributed by atoms with E-state index in [1.807, 2.05) is 0 Å². The molecule has 0 spiro atoms. The zero-order valence-corrected chi connectivity index (χ0v) is 9.39. The molecule has 1 atom stereocenters. The van der Waals surface area contributed by atoms with Crippen molar-refractivity contribution in [2.24, 2.45) is 5.41 Å². The van der Waals surface area contributed by atoms with Gasteiger partial charge in [0.15, 0.2) is 0 Å². The molecule has 1 heterocycles. The van der Waals surface area contributed by atoms with Crippen molar-refractivity contribution < 1.29 is 22.7 Å². The molecule has 0 aromatic heterocycles. The Morgan fingerprint density at radius 3 is 2.27 bits per heavy atom. The second-order valence-electron chi connectivity index (χ2n) is 4.20. The zero-order valence-electron chi connectivity index (χ0n) is 8.57. The summed E-state index contributed by atoms with van der Waals surface area (Å²) >= 11 is 0. The number of hydrogen-bond donors (Lipinski definition) is 1. The molecule has 0 bridgehead atoms. The highest BCUT2D eigenvalue weighted by atomic mass is 32.2. The van der Waals surface area contributed by atoms with Crippen LogP contribution < -0.4 is 0 Å². The van der Waals surface area contributed by atoms with Crippen LogP contribution >= 0.6 is 0 Å². The first-order valence-electron chi connectivity index (χ1n) is 4.84. The molecule has 0 radical (unpaired) electrons. The van der Waals surface area contributed by atoms with Crippen molar-refractivity contribution in [2.75, 3.05) is 11.5 Å². The summed E-state index contributed by atoms with van der Waals surface area (Å²) in [5, 5.41) is 8.69. The van der Waals surface area contributed by atoms with E-state index in [0.717, 1.165) is 0 Å². The van der Waals surface area contributed by atoms with Gasteiger partial charge < -0.3 is 5.11 Å².